The van der Waals surface area contributed by atoms with E-state index in [-0.39, 0.29) is 24.3 Å². The average molecular weight is 319 g/mol. The van der Waals surface area contributed by atoms with E-state index in [1.807, 2.05) is 0 Å². The van der Waals surface area contributed by atoms with Crippen LogP contribution in [0.1, 0.15) is 45.1 Å². The molecule has 0 bridgehead atoms. The molecular formula is C17H21NO5. The van der Waals surface area contributed by atoms with Crippen LogP contribution in [0.4, 0.5) is 0 Å². The van der Waals surface area contributed by atoms with Gasteiger partial charge in [0, 0.05) is 6.42 Å². The quantitative estimate of drug-likeness (QED) is 0.677. The molecule has 0 aliphatic carbocycles. The second-order valence-electron chi connectivity index (χ2n) is 6.45. The Morgan fingerprint density at radius 2 is 1.87 bits per heavy atom. The van der Waals surface area contributed by atoms with Crippen LogP contribution in [-0.4, -0.2) is 30.0 Å². The van der Waals surface area contributed by atoms with Gasteiger partial charge in [-0.15, -0.1) is 0 Å². The zero-order chi connectivity index (χ0) is 17.0. The van der Waals surface area contributed by atoms with Gasteiger partial charge in [0.1, 0.15) is 11.4 Å². The lowest BCUT2D eigenvalue weighted by Crippen LogP contribution is -2.39. The van der Waals surface area contributed by atoms with Crippen LogP contribution in [0.5, 0.6) is 5.75 Å². The highest BCUT2D eigenvalue weighted by Crippen LogP contribution is 2.26. The van der Waals surface area contributed by atoms with Gasteiger partial charge in [-0.1, -0.05) is 12.1 Å². The number of ether oxygens (including phenoxy) is 2. The first-order valence-corrected chi connectivity index (χ1v) is 7.53. The number of nitrogens with one attached hydrogen (secondary N) is 1. The van der Waals surface area contributed by atoms with E-state index in [4.69, 9.17) is 9.47 Å². The second kappa shape index (κ2) is 6.81. The Morgan fingerprint density at radius 1 is 1.22 bits per heavy atom. The molecule has 0 spiro atoms. The van der Waals surface area contributed by atoms with E-state index in [0.717, 1.165) is 5.56 Å². The lowest BCUT2D eigenvalue weighted by molar-refractivity contribution is -0.157. The summed E-state index contributed by atoms with van der Waals surface area (Å²) in [5, 5.41) is 2.33. The molecule has 0 aromatic heterocycles. The van der Waals surface area contributed by atoms with Crippen molar-refractivity contribution in [2.45, 2.75) is 45.1 Å². The second-order valence-corrected chi connectivity index (χ2v) is 6.45. The molecule has 124 valence electrons. The maximum Gasteiger partial charge on any atom is 0.344 e. The van der Waals surface area contributed by atoms with Gasteiger partial charge in [-0.25, -0.2) is 4.79 Å². The Morgan fingerprint density at radius 3 is 2.43 bits per heavy atom. The number of carbonyl (C=O) groups is 3. The lowest BCUT2D eigenvalue weighted by Gasteiger charge is -2.21. The third-order valence-corrected chi connectivity index (χ3v) is 3.30. The molecule has 1 aliphatic heterocycles. The number of carbonyl (C=O) groups excluding carboxylic acids is 3. The topological polar surface area (TPSA) is 81.7 Å². The Balaban J connectivity index is 1.91. The fourth-order valence-electron chi connectivity index (χ4n) is 2.32. The zero-order valence-corrected chi connectivity index (χ0v) is 13.5. The molecule has 2 amide bonds. The van der Waals surface area contributed by atoms with Crippen molar-refractivity contribution in [1.29, 1.82) is 0 Å². The number of piperidine rings is 1. The van der Waals surface area contributed by atoms with Gasteiger partial charge < -0.3 is 9.47 Å². The molecule has 1 aromatic carbocycles. The predicted octanol–water partition coefficient (Wildman–Crippen LogP) is 1.93. The molecule has 6 heteroatoms. The van der Waals surface area contributed by atoms with E-state index < -0.39 is 11.6 Å². The van der Waals surface area contributed by atoms with Gasteiger partial charge in [0.15, 0.2) is 6.61 Å². The van der Waals surface area contributed by atoms with Crippen molar-refractivity contribution >= 4 is 17.8 Å². The standard InChI is InChI=1S/C17H21NO5/c1-17(2,3)23-15(20)10-22-12-6-4-11(5-7-12)13-8-9-14(19)18-16(13)21/h4-7,13H,8-10H2,1-3H3,(H,18,19,21)/t13-/m0/s1. The third kappa shape index (κ3) is 5.09. The summed E-state index contributed by atoms with van der Waals surface area (Å²) < 4.78 is 10.5. The monoisotopic (exact) mass is 319 g/mol. The Labute approximate surface area is 135 Å². The van der Waals surface area contributed by atoms with Crippen LogP contribution in [0.2, 0.25) is 0 Å². The largest absolute Gasteiger partial charge is 0.482 e. The van der Waals surface area contributed by atoms with E-state index in [1.54, 1.807) is 45.0 Å². The maximum atomic E-state index is 11.8. The summed E-state index contributed by atoms with van der Waals surface area (Å²) in [6.07, 6.45) is 0.843. The molecule has 6 nitrogen and oxygen atoms in total. The van der Waals surface area contributed by atoms with E-state index in [2.05, 4.69) is 5.32 Å². The minimum Gasteiger partial charge on any atom is -0.482 e. The van der Waals surface area contributed by atoms with Crippen LogP contribution < -0.4 is 10.1 Å². The van der Waals surface area contributed by atoms with Crippen molar-refractivity contribution in [3.05, 3.63) is 29.8 Å². The van der Waals surface area contributed by atoms with Crippen molar-refractivity contribution in [2.75, 3.05) is 6.61 Å². The summed E-state index contributed by atoms with van der Waals surface area (Å²) in [6.45, 7) is 5.20. The first-order valence-electron chi connectivity index (χ1n) is 7.53. The van der Waals surface area contributed by atoms with Crippen LogP contribution in [-0.2, 0) is 19.1 Å². The summed E-state index contributed by atoms with van der Waals surface area (Å²) in [6, 6.07) is 6.93. The molecule has 1 heterocycles. The summed E-state index contributed by atoms with van der Waals surface area (Å²) >= 11 is 0. The fourth-order valence-corrected chi connectivity index (χ4v) is 2.32. The maximum absolute atomic E-state index is 11.8. The summed E-state index contributed by atoms with van der Waals surface area (Å²) in [5.41, 5.74) is 0.274. The molecule has 23 heavy (non-hydrogen) atoms. The number of amides is 2. The molecule has 1 saturated heterocycles. The molecule has 0 saturated carbocycles. The molecule has 1 fully saturated rings. The number of benzene rings is 1. The molecule has 1 aromatic rings. The van der Waals surface area contributed by atoms with Crippen LogP contribution in [0.3, 0.4) is 0 Å². The lowest BCUT2D eigenvalue weighted by atomic mass is 9.90. The van der Waals surface area contributed by atoms with Gasteiger partial charge in [-0.3, -0.25) is 14.9 Å². The van der Waals surface area contributed by atoms with Crippen molar-refractivity contribution < 1.29 is 23.9 Å². The number of imide groups is 1. The molecule has 2 rings (SSSR count). The van der Waals surface area contributed by atoms with Crippen molar-refractivity contribution in [1.82, 2.24) is 5.32 Å². The van der Waals surface area contributed by atoms with E-state index in [0.29, 0.717) is 18.6 Å². The van der Waals surface area contributed by atoms with E-state index in [9.17, 15) is 14.4 Å². The fraction of sp³-hybridized carbons (Fsp3) is 0.471. The minimum absolute atomic E-state index is 0.172. The van der Waals surface area contributed by atoms with Crippen LogP contribution in [0.25, 0.3) is 0 Å². The first-order chi connectivity index (χ1) is 10.7. The molecule has 0 unspecified atom stereocenters. The minimum atomic E-state index is -0.546. The smallest absolute Gasteiger partial charge is 0.344 e. The summed E-state index contributed by atoms with van der Waals surface area (Å²) in [4.78, 5) is 34.6. The Bertz CT molecular complexity index is 600. The molecule has 1 N–H and O–H groups in total. The van der Waals surface area contributed by atoms with E-state index in [1.165, 1.54) is 0 Å². The van der Waals surface area contributed by atoms with Gasteiger partial charge >= 0.3 is 5.97 Å². The van der Waals surface area contributed by atoms with Crippen molar-refractivity contribution in [3.63, 3.8) is 0 Å². The summed E-state index contributed by atoms with van der Waals surface area (Å²) in [5.74, 6) is -0.751. The average Bonchev–Trinajstić information content (AvgIpc) is 2.44. The van der Waals surface area contributed by atoms with Crippen LogP contribution in [0.15, 0.2) is 24.3 Å². The number of hydrogen-bond acceptors (Lipinski definition) is 5. The highest BCUT2D eigenvalue weighted by Gasteiger charge is 2.27. The van der Waals surface area contributed by atoms with Gasteiger partial charge in [0.2, 0.25) is 11.8 Å². The molecule has 1 atom stereocenters. The van der Waals surface area contributed by atoms with Gasteiger partial charge in [-0.05, 0) is 44.9 Å². The van der Waals surface area contributed by atoms with E-state index >= 15 is 0 Å². The summed E-state index contributed by atoms with van der Waals surface area (Å²) in [7, 11) is 0. The number of rotatable bonds is 4. The Hall–Kier alpha value is -2.37. The van der Waals surface area contributed by atoms with Crippen molar-refractivity contribution in [3.8, 4) is 5.75 Å². The molecular weight excluding hydrogens is 298 g/mol. The zero-order valence-electron chi connectivity index (χ0n) is 13.5. The predicted molar refractivity (Wildman–Crippen MR) is 82.9 cm³/mol. The van der Waals surface area contributed by atoms with Gasteiger partial charge in [0.05, 0.1) is 5.92 Å². The normalized spacial score (nSPS) is 18.3. The van der Waals surface area contributed by atoms with Crippen LogP contribution >= 0.6 is 0 Å². The SMILES string of the molecule is CC(C)(C)OC(=O)COc1ccc([C@@H]2CCC(=O)NC2=O)cc1. The first kappa shape index (κ1) is 17.0. The van der Waals surface area contributed by atoms with Crippen molar-refractivity contribution in [2.24, 2.45) is 0 Å². The van der Waals surface area contributed by atoms with Gasteiger partial charge in [-0.2, -0.15) is 0 Å². The highest BCUT2D eigenvalue weighted by atomic mass is 16.6. The number of esters is 1. The van der Waals surface area contributed by atoms with Gasteiger partial charge in [0.25, 0.3) is 0 Å². The Kier molecular flexibility index (Phi) is 5.03. The molecule has 0 radical (unpaired) electrons. The highest BCUT2D eigenvalue weighted by molar-refractivity contribution is 6.00. The molecule has 1 aliphatic rings. The van der Waals surface area contributed by atoms with Crippen LogP contribution in [0, 0.1) is 0 Å². The third-order valence-electron chi connectivity index (χ3n) is 3.30. The number of hydrogen-bond donors (Lipinski definition) is 1.